The van der Waals surface area contributed by atoms with Crippen molar-refractivity contribution >= 4 is 5.97 Å². The maximum Gasteiger partial charge on any atom is 0.302 e. The fourth-order valence-electron chi connectivity index (χ4n) is 2.67. The monoisotopic (exact) mass is 307 g/mol. The smallest absolute Gasteiger partial charge is 0.302 e. The zero-order valence-corrected chi connectivity index (χ0v) is 14.8. The molecule has 0 heterocycles. The van der Waals surface area contributed by atoms with Gasteiger partial charge in [0.25, 0.3) is 0 Å². The second kappa shape index (κ2) is 11.2. The van der Waals surface area contributed by atoms with E-state index >= 15 is 0 Å². The van der Waals surface area contributed by atoms with Crippen molar-refractivity contribution in [2.75, 3.05) is 0 Å². The lowest BCUT2D eigenvalue weighted by Gasteiger charge is -2.15. The molecule has 0 aliphatic heterocycles. The van der Waals surface area contributed by atoms with Gasteiger partial charge in [0.2, 0.25) is 0 Å². The number of benzene rings is 1. The Labute approximate surface area is 136 Å². The fraction of sp³-hybridized carbons (Fsp3) is 0.632. The van der Waals surface area contributed by atoms with Crippen LogP contribution in [0.3, 0.4) is 0 Å². The van der Waals surface area contributed by atoms with Crippen molar-refractivity contribution < 1.29 is 9.53 Å². The molecule has 3 nitrogen and oxygen atoms in total. The van der Waals surface area contributed by atoms with Gasteiger partial charge in [0.1, 0.15) is 6.61 Å². The highest BCUT2D eigenvalue weighted by molar-refractivity contribution is 5.66. The molecule has 0 spiro atoms. The molecule has 126 valence electrons. The molecule has 3 N–H and O–H groups in total. The molecule has 0 radical (unpaired) electrons. The number of carbonyl (C=O) groups is 1. The Kier molecular flexibility index (Phi) is 10.6. The van der Waals surface area contributed by atoms with Gasteiger partial charge < -0.3 is 10.9 Å². The Hall–Kier alpha value is -1.35. The summed E-state index contributed by atoms with van der Waals surface area (Å²) in [5, 5.41) is 0. The van der Waals surface area contributed by atoms with Crippen LogP contribution in [0.25, 0.3) is 0 Å². The third-order valence-electron chi connectivity index (χ3n) is 4.18. The first-order chi connectivity index (χ1) is 10.1. The minimum Gasteiger partial charge on any atom is -0.461 e. The second-order valence-electron chi connectivity index (χ2n) is 5.94. The minimum absolute atomic E-state index is 0. The predicted octanol–water partition coefficient (Wildman–Crippen LogP) is 5.43. The molecule has 1 aromatic carbocycles. The second-order valence-corrected chi connectivity index (χ2v) is 5.94. The van der Waals surface area contributed by atoms with Crippen molar-refractivity contribution in [3.05, 3.63) is 34.4 Å². The van der Waals surface area contributed by atoms with Crippen LogP contribution in [0.15, 0.2) is 12.1 Å². The van der Waals surface area contributed by atoms with E-state index in [0.29, 0.717) is 6.61 Å². The number of aryl methyl sites for hydroxylation is 1. The van der Waals surface area contributed by atoms with E-state index in [4.69, 9.17) is 4.74 Å². The van der Waals surface area contributed by atoms with Crippen LogP contribution in [0.5, 0.6) is 0 Å². The zero-order chi connectivity index (χ0) is 15.7. The molecule has 0 bridgehead atoms. The Morgan fingerprint density at radius 2 is 1.68 bits per heavy atom. The largest absolute Gasteiger partial charge is 0.461 e. The van der Waals surface area contributed by atoms with E-state index in [0.717, 1.165) is 6.42 Å². The SMILES string of the molecule is CCCCCCCCc1c(COC(C)=O)ccc(C)c1C.N. The minimum atomic E-state index is -0.209. The molecule has 0 aliphatic rings. The normalized spacial score (nSPS) is 10.2. The first-order valence-electron chi connectivity index (χ1n) is 8.27. The Morgan fingerprint density at radius 3 is 2.32 bits per heavy atom. The van der Waals surface area contributed by atoms with Gasteiger partial charge in [-0.05, 0) is 48.9 Å². The molecule has 0 fully saturated rings. The van der Waals surface area contributed by atoms with Crippen LogP contribution in [0.2, 0.25) is 0 Å². The van der Waals surface area contributed by atoms with Crippen LogP contribution in [0.1, 0.15) is 74.6 Å². The number of ether oxygens (including phenoxy) is 1. The molecule has 0 amide bonds. The van der Waals surface area contributed by atoms with E-state index in [1.807, 2.05) is 0 Å². The summed E-state index contributed by atoms with van der Waals surface area (Å²) in [6.07, 6.45) is 8.93. The maximum absolute atomic E-state index is 11.0. The predicted molar refractivity (Wildman–Crippen MR) is 93.5 cm³/mol. The van der Waals surface area contributed by atoms with Crippen LogP contribution < -0.4 is 6.15 Å². The summed E-state index contributed by atoms with van der Waals surface area (Å²) in [4.78, 5) is 11.0. The molecule has 0 saturated carbocycles. The van der Waals surface area contributed by atoms with Crippen molar-refractivity contribution in [3.63, 3.8) is 0 Å². The van der Waals surface area contributed by atoms with E-state index in [2.05, 4.69) is 32.9 Å². The lowest BCUT2D eigenvalue weighted by atomic mass is 9.93. The van der Waals surface area contributed by atoms with Gasteiger partial charge in [-0.2, -0.15) is 0 Å². The van der Waals surface area contributed by atoms with Crippen LogP contribution in [0, 0.1) is 13.8 Å². The fourth-order valence-corrected chi connectivity index (χ4v) is 2.67. The molecule has 0 saturated heterocycles. The van der Waals surface area contributed by atoms with Crippen molar-refractivity contribution in [2.24, 2.45) is 0 Å². The maximum atomic E-state index is 11.0. The van der Waals surface area contributed by atoms with Gasteiger partial charge >= 0.3 is 5.97 Å². The van der Waals surface area contributed by atoms with E-state index in [9.17, 15) is 4.79 Å². The molecule has 3 heteroatoms. The van der Waals surface area contributed by atoms with E-state index < -0.39 is 0 Å². The number of esters is 1. The summed E-state index contributed by atoms with van der Waals surface area (Å²) < 4.78 is 5.18. The first kappa shape index (κ1) is 20.6. The van der Waals surface area contributed by atoms with E-state index in [1.165, 1.54) is 67.7 Å². The highest BCUT2D eigenvalue weighted by Gasteiger charge is 2.09. The molecule has 0 unspecified atom stereocenters. The number of hydrogen-bond acceptors (Lipinski definition) is 3. The summed E-state index contributed by atoms with van der Waals surface area (Å²) in [5.74, 6) is -0.209. The average Bonchev–Trinajstić information content (AvgIpc) is 2.45. The third kappa shape index (κ3) is 7.08. The van der Waals surface area contributed by atoms with Crippen molar-refractivity contribution in [1.29, 1.82) is 0 Å². The van der Waals surface area contributed by atoms with Crippen LogP contribution in [-0.4, -0.2) is 5.97 Å². The average molecular weight is 307 g/mol. The standard InChI is InChI=1S/C19H30O2.H3N/c1-5-6-7-8-9-10-11-19-16(3)15(2)12-13-18(19)14-21-17(4)20;/h12-13H,5-11,14H2,1-4H3;1H3. The number of hydrogen-bond donors (Lipinski definition) is 1. The summed E-state index contributed by atoms with van der Waals surface area (Å²) in [7, 11) is 0. The van der Waals surface area contributed by atoms with E-state index in [1.54, 1.807) is 0 Å². The molecule has 1 aromatic rings. The summed E-state index contributed by atoms with van der Waals surface area (Å²) >= 11 is 0. The number of rotatable bonds is 9. The van der Waals surface area contributed by atoms with Crippen LogP contribution >= 0.6 is 0 Å². The highest BCUT2D eigenvalue weighted by atomic mass is 16.5. The summed E-state index contributed by atoms with van der Waals surface area (Å²) in [6.45, 7) is 8.45. The van der Waals surface area contributed by atoms with E-state index in [-0.39, 0.29) is 12.1 Å². The van der Waals surface area contributed by atoms with Crippen molar-refractivity contribution in [3.8, 4) is 0 Å². The molecule has 0 atom stereocenters. The Bertz CT molecular complexity index is 455. The quantitative estimate of drug-likeness (QED) is 0.488. The molecular weight excluding hydrogens is 274 g/mol. The highest BCUT2D eigenvalue weighted by Crippen LogP contribution is 2.22. The molecule has 22 heavy (non-hydrogen) atoms. The van der Waals surface area contributed by atoms with Gasteiger partial charge in [-0.1, -0.05) is 51.2 Å². The molecule has 0 aromatic heterocycles. The summed E-state index contributed by atoms with van der Waals surface area (Å²) in [5.41, 5.74) is 5.23. The number of carbonyl (C=O) groups excluding carboxylic acids is 1. The lowest BCUT2D eigenvalue weighted by Crippen LogP contribution is -2.05. The van der Waals surface area contributed by atoms with Crippen LogP contribution in [-0.2, 0) is 22.6 Å². The van der Waals surface area contributed by atoms with Crippen LogP contribution in [0.4, 0.5) is 0 Å². The van der Waals surface area contributed by atoms with Gasteiger partial charge in [0, 0.05) is 6.92 Å². The van der Waals surface area contributed by atoms with Crippen molar-refractivity contribution in [2.45, 2.75) is 79.2 Å². The molecule has 1 rings (SSSR count). The van der Waals surface area contributed by atoms with Gasteiger partial charge in [-0.25, -0.2) is 0 Å². The molecular formula is C19H33NO2. The topological polar surface area (TPSA) is 61.3 Å². The van der Waals surface area contributed by atoms with Gasteiger partial charge in [0.05, 0.1) is 0 Å². The Balaban J connectivity index is 0.00000441. The zero-order valence-electron chi connectivity index (χ0n) is 14.8. The first-order valence-corrected chi connectivity index (χ1v) is 8.27. The lowest BCUT2D eigenvalue weighted by molar-refractivity contribution is -0.142. The van der Waals surface area contributed by atoms with Gasteiger partial charge in [-0.15, -0.1) is 0 Å². The summed E-state index contributed by atoms with van der Waals surface area (Å²) in [6, 6.07) is 4.23. The molecule has 0 aliphatic carbocycles. The Morgan fingerprint density at radius 1 is 1.05 bits per heavy atom. The van der Waals surface area contributed by atoms with Gasteiger partial charge in [0.15, 0.2) is 0 Å². The number of unbranched alkanes of at least 4 members (excludes halogenated alkanes) is 5. The van der Waals surface area contributed by atoms with Crippen molar-refractivity contribution in [1.82, 2.24) is 6.15 Å². The third-order valence-corrected chi connectivity index (χ3v) is 4.18. The van der Waals surface area contributed by atoms with Gasteiger partial charge in [-0.3, -0.25) is 4.79 Å².